The van der Waals surface area contributed by atoms with E-state index in [2.05, 4.69) is 6.58 Å². The third-order valence-corrected chi connectivity index (χ3v) is 8.14. The first-order valence-electron chi connectivity index (χ1n) is 10.4. The number of rotatable bonds is 6. The predicted molar refractivity (Wildman–Crippen MR) is 106 cm³/mol. The van der Waals surface area contributed by atoms with Crippen LogP contribution >= 0.6 is 0 Å². The molecule has 0 radical (unpaired) electrons. The second-order valence-corrected chi connectivity index (χ2v) is 10.3. The summed E-state index contributed by atoms with van der Waals surface area (Å²) in [6.07, 6.45) is 3.61. The third kappa shape index (κ3) is 3.53. The maximum atomic E-state index is 11.5. The summed E-state index contributed by atoms with van der Waals surface area (Å²) in [5, 5.41) is 52.8. The fourth-order valence-corrected chi connectivity index (χ4v) is 6.46. The Morgan fingerprint density at radius 2 is 1.79 bits per heavy atom. The number of carbonyl (C=O) groups is 1. The summed E-state index contributed by atoms with van der Waals surface area (Å²) >= 11 is 0. The van der Waals surface area contributed by atoms with E-state index in [9.17, 15) is 30.3 Å². The zero-order chi connectivity index (χ0) is 21.7. The van der Waals surface area contributed by atoms with E-state index in [-0.39, 0.29) is 42.4 Å². The highest BCUT2D eigenvalue weighted by atomic mass is 16.6. The number of allylic oxidation sites excluding steroid dienone is 1. The first kappa shape index (κ1) is 23.3. The molecular formula is C22H38O6. The van der Waals surface area contributed by atoms with Gasteiger partial charge in [-0.2, -0.15) is 0 Å². The van der Waals surface area contributed by atoms with E-state index in [1.165, 1.54) is 0 Å². The highest BCUT2D eigenvalue weighted by molar-refractivity contribution is 5.67. The Labute approximate surface area is 168 Å². The molecule has 0 aromatic rings. The highest BCUT2D eigenvalue weighted by Gasteiger charge is 2.73. The summed E-state index contributed by atoms with van der Waals surface area (Å²) < 4.78 is 0. The Morgan fingerprint density at radius 3 is 2.29 bits per heavy atom. The van der Waals surface area contributed by atoms with Crippen molar-refractivity contribution in [1.82, 2.24) is 0 Å². The van der Waals surface area contributed by atoms with Crippen LogP contribution in [0, 0.1) is 40.4 Å². The molecule has 0 amide bonds. The second-order valence-electron chi connectivity index (χ2n) is 10.3. The minimum Gasteiger partial charge on any atom is -0.481 e. The first-order chi connectivity index (χ1) is 12.6. The molecule has 0 bridgehead atoms. The Bertz CT molecular complexity index is 610. The molecule has 28 heavy (non-hydrogen) atoms. The van der Waals surface area contributed by atoms with Crippen LogP contribution in [0.25, 0.3) is 0 Å². The Balaban J connectivity index is 2.57. The fraction of sp³-hybridized carbons (Fsp3) is 0.864. The summed E-state index contributed by atoms with van der Waals surface area (Å²) in [6.45, 7) is 13.4. The van der Waals surface area contributed by atoms with Crippen LogP contribution in [0.3, 0.4) is 0 Å². The van der Waals surface area contributed by atoms with Gasteiger partial charge in [-0.05, 0) is 54.3 Å². The molecule has 0 aromatic carbocycles. The lowest BCUT2D eigenvalue weighted by Crippen LogP contribution is -2.75. The SMILES string of the molecule is C=C[C@@H](C)CC[C@H]1[C@@H](C)C(CC(=O)O)C[C@H]2C(C)(C)CC(O)(O)C(O)(O)[C@]12C. The van der Waals surface area contributed by atoms with Crippen molar-refractivity contribution in [2.24, 2.45) is 40.4 Å². The van der Waals surface area contributed by atoms with Gasteiger partial charge in [-0.1, -0.05) is 40.7 Å². The normalized spacial score (nSPS) is 39.6. The molecule has 1 unspecified atom stereocenters. The van der Waals surface area contributed by atoms with E-state index >= 15 is 0 Å². The largest absolute Gasteiger partial charge is 0.481 e. The van der Waals surface area contributed by atoms with Crippen LogP contribution < -0.4 is 0 Å². The van der Waals surface area contributed by atoms with Crippen LogP contribution in [-0.2, 0) is 4.79 Å². The number of aliphatic carboxylic acids is 1. The standard InChI is InChI=1S/C22H38O6/c1-7-13(2)8-9-16-14(3)15(11-18(23)24)10-17-19(4,5)12-21(25,26)22(27,28)20(16,17)6/h7,13-17,25-28H,1,8-12H2,2-6H3,(H,23,24)/t13-,14+,15?,16+,17+,20-/m1/s1. The van der Waals surface area contributed by atoms with E-state index in [0.717, 1.165) is 6.42 Å². The Hall–Kier alpha value is -0.950. The van der Waals surface area contributed by atoms with E-state index in [1.807, 2.05) is 33.8 Å². The minimum atomic E-state index is -2.69. The van der Waals surface area contributed by atoms with Crippen LogP contribution in [0.15, 0.2) is 12.7 Å². The van der Waals surface area contributed by atoms with Crippen molar-refractivity contribution in [3.05, 3.63) is 12.7 Å². The van der Waals surface area contributed by atoms with E-state index < -0.39 is 28.4 Å². The molecule has 2 rings (SSSR count). The quantitative estimate of drug-likeness (QED) is 0.347. The molecule has 162 valence electrons. The van der Waals surface area contributed by atoms with Gasteiger partial charge in [0.15, 0.2) is 0 Å². The summed E-state index contributed by atoms with van der Waals surface area (Å²) in [7, 11) is 0. The molecule has 2 fully saturated rings. The molecular weight excluding hydrogens is 360 g/mol. The fourth-order valence-electron chi connectivity index (χ4n) is 6.46. The van der Waals surface area contributed by atoms with Crippen LogP contribution in [0.4, 0.5) is 0 Å². The maximum Gasteiger partial charge on any atom is 0.303 e. The van der Waals surface area contributed by atoms with Crippen molar-refractivity contribution in [2.45, 2.75) is 78.3 Å². The summed E-state index contributed by atoms with van der Waals surface area (Å²) in [4.78, 5) is 11.5. The van der Waals surface area contributed by atoms with Gasteiger partial charge >= 0.3 is 5.97 Å². The molecule has 2 saturated carbocycles. The smallest absolute Gasteiger partial charge is 0.303 e. The molecule has 2 aliphatic carbocycles. The Kier molecular flexibility index (Phi) is 6.15. The van der Waals surface area contributed by atoms with Crippen molar-refractivity contribution in [3.8, 4) is 0 Å². The molecule has 2 aliphatic rings. The number of hydrogen-bond donors (Lipinski definition) is 5. The van der Waals surface area contributed by atoms with Gasteiger partial charge < -0.3 is 25.5 Å². The lowest BCUT2D eigenvalue weighted by atomic mass is 9.41. The lowest BCUT2D eigenvalue weighted by Gasteiger charge is -2.67. The number of aliphatic hydroxyl groups is 4. The minimum absolute atomic E-state index is 0.0323. The van der Waals surface area contributed by atoms with Crippen LogP contribution in [-0.4, -0.2) is 43.1 Å². The second kappa shape index (κ2) is 7.38. The number of fused-ring (bicyclic) bond motifs is 1. The highest BCUT2D eigenvalue weighted by Crippen LogP contribution is 2.68. The van der Waals surface area contributed by atoms with Crippen molar-refractivity contribution >= 4 is 5.97 Å². The van der Waals surface area contributed by atoms with Gasteiger partial charge in [0.25, 0.3) is 0 Å². The van der Waals surface area contributed by atoms with Gasteiger partial charge in [0.2, 0.25) is 11.6 Å². The lowest BCUT2D eigenvalue weighted by molar-refractivity contribution is -0.451. The zero-order valence-electron chi connectivity index (χ0n) is 17.9. The molecule has 0 heterocycles. The van der Waals surface area contributed by atoms with Gasteiger partial charge in [0.1, 0.15) is 0 Å². The number of hydrogen-bond acceptors (Lipinski definition) is 5. The van der Waals surface area contributed by atoms with Crippen molar-refractivity contribution in [3.63, 3.8) is 0 Å². The van der Waals surface area contributed by atoms with Crippen molar-refractivity contribution < 1.29 is 30.3 Å². The van der Waals surface area contributed by atoms with E-state index in [1.54, 1.807) is 6.92 Å². The third-order valence-electron chi connectivity index (χ3n) is 8.14. The van der Waals surface area contributed by atoms with Crippen LogP contribution in [0.5, 0.6) is 0 Å². The van der Waals surface area contributed by atoms with Crippen LogP contribution in [0.1, 0.15) is 66.7 Å². The van der Waals surface area contributed by atoms with Crippen molar-refractivity contribution in [2.75, 3.05) is 0 Å². The van der Waals surface area contributed by atoms with Gasteiger partial charge in [-0.25, -0.2) is 0 Å². The topological polar surface area (TPSA) is 118 Å². The van der Waals surface area contributed by atoms with Crippen molar-refractivity contribution in [1.29, 1.82) is 0 Å². The number of carboxylic acid groups (broad SMARTS) is 1. The summed E-state index contributed by atoms with van der Waals surface area (Å²) in [5.41, 5.74) is -1.78. The van der Waals surface area contributed by atoms with Gasteiger partial charge in [0.05, 0.1) is 0 Å². The zero-order valence-corrected chi connectivity index (χ0v) is 17.9. The number of carboxylic acids is 1. The van der Waals surface area contributed by atoms with Gasteiger partial charge in [-0.3, -0.25) is 4.79 Å². The maximum absolute atomic E-state index is 11.5. The van der Waals surface area contributed by atoms with Crippen LogP contribution in [0.2, 0.25) is 0 Å². The van der Waals surface area contributed by atoms with E-state index in [4.69, 9.17) is 0 Å². The predicted octanol–water partition coefficient (Wildman–Crippen LogP) is 2.75. The molecule has 5 N–H and O–H groups in total. The summed E-state index contributed by atoms with van der Waals surface area (Å²) in [6, 6.07) is 0. The molecule has 6 heteroatoms. The Morgan fingerprint density at radius 1 is 1.21 bits per heavy atom. The average molecular weight is 399 g/mol. The van der Waals surface area contributed by atoms with Gasteiger partial charge in [0, 0.05) is 18.3 Å². The average Bonchev–Trinajstić information content (AvgIpc) is 2.54. The van der Waals surface area contributed by atoms with Gasteiger partial charge in [-0.15, -0.1) is 6.58 Å². The van der Waals surface area contributed by atoms with E-state index in [0.29, 0.717) is 12.8 Å². The molecule has 0 saturated heterocycles. The summed E-state index contributed by atoms with van der Waals surface area (Å²) in [5.74, 6) is -6.68. The molecule has 0 aliphatic heterocycles. The first-order valence-corrected chi connectivity index (χ1v) is 10.4. The monoisotopic (exact) mass is 398 g/mol. The molecule has 0 aromatic heterocycles. The molecule has 6 nitrogen and oxygen atoms in total. The molecule has 0 spiro atoms. The molecule has 6 atom stereocenters.